The van der Waals surface area contributed by atoms with E-state index in [1.165, 1.54) is 12.7 Å². The molecule has 4 N–H and O–H groups in total. The lowest BCUT2D eigenvalue weighted by Gasteiger charge is -2.20. The zero-order valence-electron chi connectivity index (χ0n) is 13.8. The Morgan fingerprint density at radius 2 is 2.00 bits per heavy atom. The number of aliphatic hydroxyl groups is 2. The van der Waals surface area contributed by atoms with E-state index in [4.69, 9.17) is 15.2 Å². The number of fused-ring (bicyclic) bond motifs is 1. The molecular weight excluding hydrogens is 338 g/mol. The Labute approximate surface area is 149 Å². The monoisotopic (exact) mass is 357 g/mol. The molecule has 0 saturated carbocycles. The van der Waals surface area contributed by atoms with Gasteiger partial charge in [-0.1, -0.05) is 30.3 Å². The lowest BCUT2D eigenvalue weighted by Crippen LogP contribution is -2.36. The molecule has 0 aliphatic carbocycles. The molecule has 26 heavy (non-hydrogen) atoms. The van der Waals surface area contributed by atoms with Crippen molar-refractivity contribution in [2.45, 2.75) is 31.1 Å². The molecule has 1 saturated heterocycles. The number of hydrogen-bond donors (Lipinski definition) is 3. The summed E-state index contributed by atoms with van der Waals surface area (Å²) in [6.07, 6.45) is -0.365. The maximum Gasteiger partial charge on any atom is 0.167 e. The van der Waals surface area contributed by atoms with E-state index in [1.54, 1.807) is 4.57 Å². The van der Waals surface area contributed by atoms with Crippen LogP contribution in [0.2, 0.25) is 0 Å². The SMILES string of the molecule is Nc1ncnc2c1ncn2[C@@H]1O[C@H](CO)[C@@H](OCc2ccccc2)[C@H]1O. The molecule has 9 nitrogen and oxygen atoms in total. The Morgan fingerprint density at radius 1 is 1.19 bits per heavy atom. The maximum absolute atomic E-state index is 10.7. The summed E-state index contributed by atoms with van der Waals surface area (Å²) in [6.45, 7) is 0.0196. The van der Waals surface area contributed by atoms with Gasteiger partial charge in [0.25, 0.3) is 0 Å². The highest BCUT2D eigenvalue weighted by atomic mass is 16.6. The topological polar surface area (TPSA) is 129 Å². The first-order chi connectivity index (χ1) is 12.7. The minimum atomic E-state index is -1.01. The van der Waals surface area contributed by atoms with Crippen LogP contribution in [-0.4, -0.2) is 54.7 Å². The third-order valence-corrected chi connectivity index (χ3v) is 4.44. The van der Waals surface area contributed by atoms with Crippen LogP contribution in [0.3, 0.4) is 0 Å². The van der Waals surface area contributed by atoms with Crippen LogP contribution in [0, 0.1) is 0 Å². The number of aromatic nitrogens is 4. The molecule has 136 valence electrons. The van der Waals surface area contributed by atoms with Gasteiger partial charge in [0.05, 0.1) is 19.5 Å². The molecule has 0 unspecified atom stereocenters. The molecule has 4 atom stereocenters. The van der Waals surface area contributed by atoms with Crippen molar-refractivity contribution in [3.8, 4) is 0 Å². The third kappa shape index (κ3) is 2.90. The number of nitrogen functional groups attached to an aromatic ring is 1. The molecule has 1 fully saturated rings. The van der Waals surface area contributed by atoms with Crippen molar-refractivity contribution in [2.75, 3.05) is 12.3 Å². The lowest BCUT2D eigenvalue weighted by molar-refractivity contribution is -0.0650. The van der Waals surface area contributed by atoms with E-state index in [0.29, 0.717) is 17.8 Å². The molecule has 0 spiro atoms. The van der Waals surface area contributed by atoms with Crippen molar-refractivity contribution in [3.05, 3.63) is 48.5 Å². The predicted molar refractivity (Wildman–Crippen MR) is 91.8 cm³/mol. The second kappa shape index (κ2) is 6.96. The largest absolute Gasteiger partial charge is 0.394 e. The third-order valence-electron chi connectivity index (χ3n) is 4.44. The van der Waals surface area contributed by atoms with Crippen molar-refractivity contribution < 1.29 is 19.7 Å². The van der Waals surface area contributed by atoms with Crippen molar-refractivity contribution >= 4 is 17.0 Å². The summed E-state index contributed by atoms with van der Waals surface area (Å²) in [7, 11) is 0. The summed E-state index contributed by atoms with van der Waals surface area (Å²) in [6, 6.07) is 9.59. The summed E-state index contributed by atoms with van der Waals surface area (Å²) in [5.74, 6) is 0.247. The summed E-state index contributed by atoms with van der Waals surface area (Å²) in [5.41, 5.74) is 7.64. The van der Waals surface area contributed by atoms with E-state index in [-0.39, 0.29) is 12.4 Å². The summed E-state index contributed by atoms with van der Waals surface area (Å²) >= 11 is 0. The molecular formula is C17H19N5O4. The second-order valence-corrected chi connectivity index (χ2v) is 6.08. The summed E-state index contributed by atoms with van der Waals surface area (Å²) in [4.78, 5) is 12.2. The molecule has 4 rings (SSSR count). The Morgan fingerprint density at radius 3 is 2.77 bits per heavy atom. The number of anilines is 1. The van der Waals surface area contributed by atoms with E-state index in [2.05, 4.69) is 15.0 Å². The van der Waals surface area contributed by atoms with Crippen LogP contribution in [0.4, 0.5) is 5.82 Å². The van der Waals surface area contributed by atoms with E-state index >= 15 is 0 Å². The van der Waals surface area contributed by atoms with E-state index < -0.39 is 24.5 Å². The van der Waals surface area contributed by atoms with Gasteiger partial charge in [-0.15, -0.1) is 0 Å². The molecule has 0 amide bonds. The molecule has 1 aliphatic heterocycles. The normalized spacial score (nSPS) is 25.8. The number of nitrogens with two attached hydrogens (primary N) is 1. The Balaban J connectivity index is 1.57. The van der Waals surface area contributed by atoms with Crippen molar-refractivity contribution in [2.24, 2.45) is 0 Å². The fourth-order valence-electron chi connectivity index (χ4n) is 3.13. The highest BCUT2D eigenvalue weighted by Gasteiger charge is 2.45. The van der Waals surface area contributed by atoms with Gasteiger partial charge in [0.15, 0.2) is 17.7 Å². The van der Waals surface area contributed by atoms with Gasteiger partial charge in [-0.25, -0.2) is 15.0 Å². The standard InChI is InChI=1S/C17H19N5O4/c18-15-12-16(20-8-19-15)22(9-21-12)17-13(24)14(11(6-23)26-17)25-7-10-4-2-1-3-5-10/h1-5,8-9,11,13-14,17,23-24H,6-7H2,(H2,18,19,20)/t11-,13-,14-,17-/m1/s1. The molecule has 3 heterocycles. The smallest absolute Gasteiger partial charge is 0.167 e. The summed E-state index contributed by atoms with van der Waals surface area (Å²) < 4.78 is 13.2. The van der Waals surface area contributed by atoms with E-state index in [9.17, 15) is 10.2 Å². The minimum absolute atomic E-state index is 0.247. The minimum Gasteiger partial charge on any atom is -0.394 e. The first kappa shape index (κ1) is 16.9. The van der Waals surface area contributed by atoms with Crippen molar-refractivity contribution in [1.82, 2.24) is 19.5 Å². The van der Waals surface area contributed by atoms with Crippen molar-refractivity contribution in [1.29, 1.82) is 0 Å². The molecule has 0 bridgehead atoms. The van der Waals surface area contributed by atoms with Gasteiger partial charge >= 0.3 is 0 Å². The number of hydrogen-bond acceptors (Lipinski definition) is 8. The molecule has 1 aromatic carbocycles. The molecule has 2 aromatic heterocycles. The predicted octanol–water partition coefficient (Wildman–Crippen LogP) is 0.244. The number of aliphatic hydroxyl groups excluding tert-OH is 2. The van der Waals surface area contributed by atoms with Crippen LogP contribution < -0.4 is 5.73 Å². The molecule has 1 aliphatic rings. The number of benzene rings is 1. The highest BCUT2D eigenvalue weighted by molar-refractivity contribution is 5.81. The molecule has 0 radical (unpaired) electrons. The van der Waals surface area contributed by atoms with E-state index in [1.807, 2.05) is 30.3 Å². The maximum atomic E-state index is 10.7. The quantitative estimate of drug-likeness (QED) is 0.592. The zero-order valence-corrected chi connectivity index (χ0v) is 13.8. The number of ether oxygens (including phenoxy) is 2. The first-order valence-corrected chi connectivity index (χ1v) is 8.22. The van der Waals surface area contributed by atoms with Gasteiger partial charge in [-0.05, 0) is 5.56 Å². The number of nitrogens with zero attached hydrogens (tertiary/aromatic N) is 4. The van der Waals surface area contributed by atoms with Gasteiger partial charge in [-0.3, -0.25) is 4.57 Å². The number of rotatable bonds is 5. The Hall–Kier alpha value is -2.59. The fraction of sp³-hybridized carbons (Fsp3) is 0.353. The van der Waals surface area contributed by atoms with Crippen LogP contribution in [-0.2, 0) is 16.1 Å². The fourth-order valence-corrected chi connectivity index (χ4v) is 3.13. The van der Waals surface area contributed by atoms with Gasteiger partial charge < -0.3 is 25.4 Å². The zero-order chi connectivity index (χ0) is 18.1. The Kier molecular flexibility index (Phi) is 4.51. The summed E-state index contributed by atoms with van der Waals surface area (Å²) in [5, 5.41) is 20.4. The molecule has 3 aromatic rings. The van der Waals surface area contributed by atoms with Crippen LogP contribution >= 0.6 is 0 Å². The Bertz CT molecular complexity index is 887. The number of imidazole rings is 1. The lowest BCUT2D eigenvalue weighted by atomic mass is 10.1. The van der Waals surface area contributed by atoms with Crippen LogP contribution in [0.25, 0.3) is 11.2 Å². The van der Waals surface area contributed by atoms with Crippen LogP contribution in [0.5, 0.6) is 0 Å². The first-order valence-electron chi connectivity index (χ1n) is 8.22. The highest BCUT2D eigenvalue weighted by Crippen LogP contribution is 2.33. The van der Waals surface area contributed by atoms with Gasteiger partial charge in [0, 0.05) is 0 Å². The molecule has 9 heteroatoms. The second-order valence-electron chi connectivity index (χ2n) is 6.08. The van der Waals surface area contributed by atoms with Gasteiger partial charge in [-0.2, -0.15) is 0 Å². The van der Waals surface area contributed by atoms with E-state index in [0.717, 1.165) is 5.56 Å². The average Bonchev–Trinajstić information content (AvgIpc) is 3.22. The van der Waals surface area contributed by atoms with Crippen LogP contribution in [0.1, 0.15) is 11.8 Å². The average molecular weight is 357 g/mol. The van der Waals surface area contributed by atoms with Gasteiger partial charge in [0.2, 0.25) is 0 Å². The van der Waals surface area contributed by atoms with Crippen LogP contribution in [0.15, 0.2) is 43.0 Å². The van der Waals surface area contributed by atoms with Crippen molar-refractivity contribution in [3.63, 3.8) is 0 Å². The van der Waals surface area contributed by atoms with Gasteiger partial charge in [0.1, 0.15) is 30.2 Å².